The highest BCUT2D eigenvalue weighted by Gasteiger charge is 2.25. The van der Waals surface area contributed by atoms with Gasteiger partial charge in [-0.2, -0.15) is 0 Å². The number of hydrogen-bond acceptors (Lipinski definition) is 0. The van der Waals surface area contributed by atoms with E-state index < -0.39 is 0 Å². The number of rotatable bonds is 0. The Labute approximate surface area is 196 Å². The topological polar surface area (TPSA) is 0 Å². The minimum absolute atomic E-state index is 1.30. The molecule has 0 heteroatoms. The van der Waals surface area contributed by atoms with Gasteiger partial charge in [0.15, 0.2) is 0 Å². The summed E-state index contributed by atoms with van der Waals surface area (Å²) in [6.07, 6.45) is 0. The predicted molar refractivity (Wildman–Crippen MR) is 147 cm³/mol. The summed E-state index contributed by atoms with van der Waals surface area (Å²) in [7, 11) is 0. The molecule has 8 aromatic rings. The van der Waals surface area contributed by atoms with Crippen LogP contribution in [0.1, 0.15) is 0 Å². The van der Waals surface area contributed by atoms with Crippen molar-refractivity contribution in [1.82, 2.24) is 0 Å². The highest BCUT2D eigenvalue weighted by molar-refractivity contribution is 6.32. The highest BCUT2D eigenvalue weighted by Crippen LogP contribution is 2.52. The van der Waals surface area contributed by atoms with Crippen LogP contribution in [-0.2, 0) is 0 Å². The van der Waals surface area contributed by atoms with Crippen molar-refractivity contribution in [2.75, 3.05) is 0 Å². The normalized spacial score (nSPS) is 12.7. The van der Waals surface area contributed by atoms with E-state index in [0.717, 1.165) is 0 Å². The van der Waals surface area contributed by atoms with E-state index in [0.29, 0.717) is 0 Å². The smallest absolute Gasteiger partial charge is 0.00137 e. The van der Waals surface area contributed by atoms with Gasteiger partial charge in [-0.1, -0.05) is 78.9 Å². The van der Waals surface area contributed by atoms with Gasteiger partial charge in [0.25, 0.3) is 0 Å². The minimum atomic E-state index is 1.30. The van der Waals surface area contributed by atoms with Crippen LogP contribution in [0.25, 0.3) is 86.9 Å². The van der Waals surface area contributed by atoms with Gasteiger partial charge in [0, 0.05) is 0 Å². The molecule has 0 heterocycles. The maximum atomic E-state index is 2.42. The summed E-state index contributed by atoms with van der Waals surface area (Å²) in [5, 5.41) is 16.1. The molecular formula is C34H18. The molecule has 1 aliphatic rings. The van der Waals surface area contributed by atoms with Gasteiger partial charge in [0.2, 0.25) is 0 Å². The van der Waals surface area contributed by atoms with E-state index in [2.05, 4.69) is 109 Å². The SMILES string of the molecule is c1ccc2c(c1)ccc1cc3cc4c(cc3cc12)-c1ccc2ccc3cccc5cc-4c1c2c35. The van der Waals surface area contributed by atoms with Crippen LogP contribution in [0.2, 0.25) is 0 Å². The van der Waals surface area contributed by atoms with Gasteiger partial charge in [0.1, 0.15) is 0 Å². The standard InChI is InChI=1S/C34H18/c1-2-7-26-19(4-1)8-11-22-14-24-17-30-29(18-25(24)16-28(22)26)27-13-12-21-10-9-20-5-3-6-23-15-31(30)34(27)33(21)32(20)23/h1-18H. The van der Waals surface area contributed by atoms with Crippen LogP contribution < -0.4 is 0 Å². The molecule has 0 aromatic heterocycles. The number of hydrogen-bond donors (Lipinski definition) is 0. The third-order valence-corrected chi connectivity index (χ3v) is 8.05. The average molecular weight is 427 g/mol. The maximum Gasteiger partial charge on any atom is -0.00137 e. The Kier molecular flexibility index (Phi) is 2.88. The molecule has 0 N–H and O–H groups in total. The first-order valence-corrected chi connectivity index (χ1v) is 11.9. The van der Waals surface area contributed by atoms with Crippen LogP contribution >= 0.6 is 0 Å². The lowest BCUT2D eigenvalue weighted by atomic mass is 9.91. The van der Waals surface area contributed by atoms with Gasteiger partial charge >= 0.3 is 0 Å². The third-order valence-electron chi connectivity index (χ3n) is 8.05. The average Bonchev–Trinajstić information content (AvgIpc) is 3.19. The molecule has 8 aromatic carbocycles. The van der Waals surface area contributed by atoms with Gasteiger partial charge in [0.05, 0.1) is 0 Å². The molecule has 1 aliphatic carbocycles. The molecule has 0 unspecified atom stereocenters. The van der Waals surface area contributed by atoms with Gasteiger partial charge in [-0.15, -0.1) is 0 Å². The molecule has 0 saturated carbocycles. The van der Waals surface area contributed by atoms with Gasteiger partial charge in [-0.25, -0.2) is 0 Å². The van der Waals surface area contributed by atoms with Gasteiger partial charge in [-0.3, -0.25) is 0 Å². The molecule has 0 radical (unpaired) electrons. The van der Waals surface area contributed by atoms with Crippen LogP contribution in [0, 0.1) is 0 Å². The summed E-state index contributed by atoms with van der Waals surface area (Å²) in [5.74, 6) is 0. The second kappa shape index (κ2) is 5.73. The summed E-state index contributed by atoms with van der Waals surface area (Å²) in [6, 6.07) is 41.1. The van der Waals surface area contributed by atoms with Crippen LogP contribution in [0.5, 0.6) is 0 Å². The summed E-state index contributed by atoms with van der Waals surface area (Å²) in [4.78, 5) is 0. The Morgan fingerprint density at radius 1 is 0.265 bits per heavy atom. The second-order valence-electron chi connectivity index (χ2n) is 9.76. The predicted octanol–water partition coefficient (Wildman–Crippen LogP) is 9.69. The summed E-state index contributed by atoms with van der Waals surface area (Å²) < 4.78 is 0. The van der Waals surface area contributed by atoms with Gasteiger partial charge < -0.3 is 0 Å². The molecule has 9 rings (SSSR count). The summed E-state index contributed by atoms with van der Waals surface area (Å²) in [5.41, 5.74) is 5.47. The Bertz CT molecular complexity index is 2160. The number of benzene rings is 8. The summed E-state index contributed by atoms with van der Waals surface area (Å²) in [6.45, 7) is 0. The fourth-order valence-electron chi connectivity index (χ4n) is 6.54. The van der Waals surface area contributed by atoms with E-state index in [1.807, 2.05) is 0 Å². The second-order valence-corrected chi connectivity index (χ2v) is 9.76. The molecule has 0 fully saturated rings. The Morgan fingerprint density at radius 2 is 0.912 bits per heavy atom. The monoisotopic (exact) mass is 426 g/mol. The molecule has 154 valence electrons. The Morgan fingerprint density at radius 3 is 1.85 bits per heavy atom. The fraction of sp³-hybridized carbons (Fsp3) is 0. The first-order valence-electron chi connectivity index (χ1n) is 11.9. The molecule has 0 atom stereocenters. The molecule has 34 heavy (non-hydrogen) atoms. The zero-order valence-corrected chi connectivity index (χ0v) is 18.4. The van der Waals surface area contributed by atoms with E-state index in [-0.39, 0.29) is 0 Å². The molecule has 0 saturated heterocycles. The van der Waals surface area contributed by atoms with E-state index in [1.165, 1.54) is 86.9 Å². The van der Waals surface area contributed by atoms with Crippen molar-refractivity contribution < 1.29 is 0 Å². The van der Waals surface area contributed by atoms with Crippen LogP contribution in [0.4, 0.5) is 0 Å². The molecule has 0 amide bonds. The lowest BCUT2D eigenvalue weighted by Crippen LogP contribution is -1.85. The Hall–Kier alpha value is -4.42. The van der Waals surface area contributed by atoms with E-state index in [1.54, 1.807) is 0 Å². The van der Waals surface area contributed by atoms with Crippen molar-refractivity contribution in [1.29, 1.82) is 0 Å². The lowest BCUT2D eigenvalue weighted by Gasteiger charge is -2.12. The molecule has 0 aliphatic heterocycles. The summed E-state index contributed by atoms with van der Waals surface area (Å²) >= 11 is 0. The minimum Gasteiger partial charge on any atom is -0.0616 e. The van der Waals surface area contributed by atoms with Gasteiger partial charge in [-0.05, 0) is 117 Å². The molecule has 0 bridgehead atoms. The molecule has 0 nitrogen and oxygen atoms in total. The maximum absolute atomic E-state index is 2.42. The lowest BCUT2D eigenvalue weighted by molar-refractivity contribution is 1.75. The van der Waals surface area contributed by atoms with Crippen molar-refractivity contribution in [3.8, 4) is 22.3 Å². The van der Waals surface area contributed by atoms with Crippen molar-refractivity contribution in [3.63, 3.8) is 0 Å². The Balaban J connectivity index is 1.45. The zero-order chi connectivity index (χ0) is 22.0. The van der Waals surface area contributed by atoms with E-state index in [9.17, 15) is 0 Å². The number of fused-ring (bicyclic) bond motifs is 7. The van der Waals surface area contributed by atoms with Crippen LogP contribution in [0.3, 0.4) is 0 Å². The van der Waals surface area contributed by atoms with E-state index in [4.69, 9.17) is 0 Å². The van der Waals surface area contributed by atoms with Crippen molar-refractivity contribution in [3.05, 3.63) is 109 Å². The third kappa shape index (κ3) is 1.96. The first-order chi connectivity index (χ1) is 16.8. The quantitative estimate of drug-likeness (QED) is 0.167. The largest absolute Gasteiger partial charge is 0.0616 e. The first kappa shape index (κ1) is 17.1. The fourth-order valence-corrected chi connectivity index (χ4v) is 6.54. The van der Waals surface area contributed by atoms with Crippen molar-refractivity contribution in [2.24, 2.45) is 0 Å². The van der Waals surface area contributed by atoms with Crippen LogP contribution in [0.15, 0.2) is 109 Å². The zero-order valence-electron chi connectivity index (χ0n) is 18.4. The van der Waals surface area contributed by atoms with Crippen LogP contribution in [-0.4, -0.2) is 0 Å². The van der Waals surface area contributed by atoms with E-state index >= 15 is 0 Å². The molecule has 0 spiro atoms. The van der Waals surface area contributed by atoms with Crippen molar-refractivity contribution in [2.45, 2.75) is 0 Å². The molecular weight excluding hydrogens is 408 g/mol. The van der Waals surface area contributed by atoms with Crippen molar-refractivity contribution >= 4 is 64.6 Å². The highest BCUT2D eigenvalue weighted by atomic mass is 14.3.